The summed E-state index contributed by atoms with van der Waals surface area (Å²) in [5.74, 6) is 0.469. The van der Waals surface area contributed by atoms with Crippen LogP contribution in [0.4, 0.5) is 0 Å². The second kappa shape index (κ2) is 10.4. The van der Waals surface area contributed by atoms with E-state index in [1.165, 1.54) is 33.3 Å². The van der Waals surface area contributed by atoms with E-state index >= 15 is 0 Å². The lowest BCUT2D eigenvalue weighted by atomic mass is 9.95. The predicted octanol–water partition coefficient (Wildman–Crippen LogP) is 4.34. The molecule has 8 heteroatoms. The van der Waals surface area contributed by atoms with Crippen molar-refractivity contribution in [2.45, 2.75) is 12.6 Å². The largest absolute Gasteiger partial charge is 0.507 e. The first kappa shape index (κ1) is 24.7. The highest BCUT2D eigenvalue weighted by Gasteiger charge is 2.46. The summed E-state index contributed by atoms with van der Waals surface area (Å²) in [4.78, 5) is 28.0. The van der Waals surface area contributed by atoms with E-state index in [2.05, 4.69) is 0 Å². The van der Waals surface area contributed by atoms with Crippen LogP contribution in [0.15, 0.2) is 72.3 Å². The van der Waals surface area contributed by atoms with Crippen LogP contribution in [0, 0.1) is 0 Å². The van der Waals surface area contributed by atoms with Crippen LogP contribution in [0.25, 0.3) is 5.76 Å². The lowest BCUT2D eigenvalue weighted by molar-refractivity contribution is -0.140. The number of likely N-dealkylation sites (tertiary alicyclic amines) is 1. The number of nitrogens with zero attached hydrogens (tertiary/aromatic N) is 1. The normalized spacial score (nSPS) is 16.7. The van der Waals surface area contributed by atoms with Crippen LogP contribution in [0.1, 0.15) is 22.7 Å². The molecule has 0 radical (unpaired) electrons. The van der Waals surface area contributed by atoms with Gasteiger partial charge in [-0.25, -0.2) is 0 Å². The number of ether oxygens (including phenoxy) is 4. The fourth-order valence-electron chi connectivity index (χ4n) is 4.28. The van der Waals surface area contributed by atoms with Gasteiger partial charge in [0.05, 0.1) is 40.1 Å². The van der Waals surface area contributed by atoms with Gasteiger partial charge in [0.15, 0.2) is 11.5 Å². The number of rotatable bonds is 8. The molecule has 1 atom stereocenters. The van der Waals surface area contributed by atoms with Crippen molar-refractivity contribution >= 4 is 17.4 Å². The molecule has 1 saturated heterocycles. The lowest BCUT2D eigenvalue weighted by Gasteiger charge is -2.26. The summed E-state index contributed by atoms with van der Waals surface area (Å²) in [6.45, 7) is 0.103. The highest BCUT2D eigenvalue weighted by Crippen LogP contribution is 2.41. The van der Waals surface area contributed by atoms with Crippen molar-refractivity contribution in [1.82, 2.24) is 4.90 Å². The topological polar surface area (TPSA) is 94.5 Å². The van der Waals surface area contributed by atoms with E-state index in [9.17, 15) is 14.7 Å². The molecule has 3 aromatic carbocycles. The Balaban J connectivity index is 1.84. The number of aliphatic hydroxyl groups excluding tert-OH is 1. The van der Waals surface area contributed by atoms with Gasteiger partial charge in [-0.2, -0.15) is 0 Å². The number of benzene rings is 3. The smallest absolute Gasteiger partial charge is 0.295 e. The molecule has 0 aliphatic carbocycles. The molecule has 1 heterocycles. The van der Waals surface area contributed by atoms with Gasteiger partial charge in [0.1, 0.15) is 17.3 Å². The molecule has 1 fully saturated rings. The van der Waals surface area contributed by atoms with E-state index in [1.54, 1.807) is 66.7 Å². The van der Waals surface area contributed by atoms with Crippen molar-refractivity contribution in [2.24, 2.45) is 0 Å². The summed E-state index contributed by atoms with van der Waals surface area (Å²) in [6, 6.07) is 18.2. The molecule has 1 N–H and O–H groups in total. The molecule has 0 saturated carbocycles. The number of ketones is 1. The Morgan fingerprint density at radius 3 is 2.14 bits per heavy atom. The van der Waals surface area contributed by atoms with Crippen LogP contribution in [-0.2, 0) is 16.1 Å². The Morgan fingerprint density at radius 2 is 1.50 bits per heavy atom. The minimum Gasteiger partial charge on any atom is -0.507 e. The fourth-order valence-corrected chi connectivity index (χ4v) is 4.28. The lowest BCUT2D eigenvalue weighted by Crippen LogP contribution is -2.29. The summed E-state index contributed by atoms with van der Waals surface area (Å²) in [5, 5.41) is 11.2. The van der Waals surface area contributed by atoms with Crippen molar-refractivity contribution < 1.29 is 33.6 Å². The zero-order chi connectivity index (χ0) is 25.8. The molecule has 1 aliphatic rings. The van der Waals surface area contributed by atoms with Crippen molar-refractivity contribution in [3.63, 3.8) is 0 Å². The number of methoxy groups -OCH3 is 4. The summed E-state index contributed by atoms with van der Waals surface area (Å²) in [7, 11) is 6.14. The maximum atomic E-state index is 13.3. The van der Waals surface area contributed by atoms with E-state index < -0.39 is 17.7 Å². The van der Waals surface area contributed by atoms with E-state index in [-0.39, 0.29) is 17.9 Å². The van der Waals surface area contributed by atoms with Gasteiger partial charge in [-0.15, -0.1) is 0 Å². The average Bonchev–Trinajstić information content (AvgIpc) is 3.17. The fraction of sp³-hybridized carbons (Fsp3) is 0.214. The van der Waals surface area contributed by atoms with Gasteiger partial charge >= 0.3 is 0 Å². The van der Waals surface area contributed by atoms with Crippen LogP contribution in [-0.4, -0.2) is 50.1 Å². The highest BCUT2D eigenvalue weighted by atomic mass is 16.5. The van der Waals surface area contributed by atoms with Gasteiger partial charge in [-0.1, -0.05) is 18.2 Å². The predicted molar refractivity (Wildman–Crippen MR) is 133 cm³/mol. The van der Waals surface area contributed by atoms with Crippen LogP contribution in [0.5, 0.6) is 23.0 Å². The molecule has 36 heavy (non-hydrogen) atoms. The van der Waals surface area contributed by atoms with Gasteiger partial charge in [-0.05, 0) is 59.7 Å². The number of carbonyl (C=O) groups excluding carboxylic acids is 2. The number of carbonyl (C=O) groups is 2. The van der Waals surface area contributed by atoms with Gasteiger partial charge in [0.2, 0.25) is 0 Å². The molecule has 1 amide bonds. The first-order chi connectivity index (χ1) is 17.4. The summed E-state index contributed by atoms with van der Waals surface area (Å²) < 4.78 is 21.3. The van der Waals surface area contributed by atoms with E-state index in [0.717, 1.165) is 5.56 Å². The maximum absolute atomic E-state index is 13.3. The van der Waals surface area contributed by atoms with E-state index in [0.29, 0.717) is 34.1 Å². The third-order valence-electron chi connectivity index (χ3n) is 6.11. The van der Waals surface area contributed by atoms with Crippen LogP contribution >= 0.6 is 0 Å². The SMILES string of the molecule is COc1ccc(/C(O)=C2\C(=O)C(=O)N(Cc3ccc(OC)c(OC)c3)C2c2cccc(OC)c2)cc1. The van der Waals surface area contributed by atoms with Gasteiger partial charge in [-0.3, -0.25) is 9.59 Å². The maximum Gasteiger partial charge on any atom is 0.295 e. The Labute approximate surface area is 209 Å². The third kappa shape index (κ3) is 4.57. The molecule has 186 valence electrons. The number of hydrogen-bond donors (Lipinski definition) is 1. The first-order valence-electron chi connectivity index (χ1n) is 11.2. The third-order valence-corrected chi connectivity index (χ3v) is 6.11. The van der Waals surface area contributed by atoms with Crippen LogP contribution in [0.3, 0.4) is 0 Å². The molecular weight excluding hydrogens is 462 g/mol. The minimum absolute atomic E-state index is 0.00102. The minimum atomic E-state index is -0.838. The first-order valence-corrected chi connectivity index (χ1v) is 11.2. The zero-order valence-corrected chi connectivity index (χ0v) is 20.5. The van der Waals surface area contributed by atoms with Crippen molar-refractivity contribution in [3.05, 3.63) is 89.0 Å². The molecule has 8 nitrogen and oxygen atoms in total. The number of hydrogen-bond acceptors (Lipinski definition) is 7. The summed E-state index contributed by atoms with van der Waals surface area (Å²) in [5.41, 5.74) is 1.75. The molecule has 1 unspecified atom stereocenters. The van der Waals surface area contributed by atoms with Crippen molar-refractivity contribution in [2.75, 3.05) is 28.4 Å². The van der Waals surface area contributed by atoms with Gasteiger partial charge in [0, 0.05) is 12.1 Å². The van der Waals surface area contributed by atoms with E-state index in [4.69, 9.17) is 18.9 Å². The summed E-state index contributed by atoms with van der Waals surface area (Å²) >= 11 is 0. The number of amides is 1. The Kier molecular flexibility index (Phi) is 7.15. The Morgan fingerprint density at radius 1 is 0.806 bits per heavy atom. The highest BCUT2D eigenvalue weighted by molar-refractivity contribution is 6.46. The Bertz CT molecular complexity index is 1310. The van der Waals surface area contributed by atoms with Crippen LogP contribution in [0.2, 0.25) is 0 Å². The second-order valence-corrected chi connectivity index (χ2v) is 8.12. The molecule has 0 aromatic heterocycles. The standard InChI is InChI=1S/C28H27NO7/c1-33-20-11-9-18(10-12-20)26(30)24-25(19-6-5-7-21(15-19)34-2)29(28(32)27(24)31)16-17-8-13-22(35-3)23(14-17)36-4/h5-15,25,30H,16H2,1-4H3/b26-24+. The number of aliphatic hydroxyl groups is 1. The molecular formula is C28H27NO7. The summed E-state index contributed by atoms with van der Waals surface area (Å²) in [6.07, 6.45) is 0. The van der Waals surface area contributed by atoms with Crippen LogP contribution < -0.4 is 18.9 Å². The zero-order valence-electron chi connectivity index (χ0n) is 20.5. The monoisotopic (exact) mass is 489 g/mol. The average molecular weight is 490 g/mol. The molecule has 4 rings (SSSR count). The van der Waals surface area contributed by atoms with Gasteiger partial charge in [0.25, 0.3) is 11.7 Å². The molecule has 1 aliphatic heterocycles. The molecule has 0 spiro atoms. The van der Waals surface area contributed by atoms with Gasteiger partial charge < -0.3 is 29.0 Å². The van der Waals surface area contributed by atoms with E-state index in [1.807, 2.05) is 0 Å². The number of Topliss-reactive ketones (excluding diaryl/α,β-unsaturated/α-hetero) is 1. The molecule has 3 aromatic rings. The quantitative estimate of drug-likeness (QED) is 0.286. The second-order valence-electron chi connectivity index (χ2n) is 8.12. The van der Waals surface area contributed by atoms with Crippen molar-refractivity contribution in [3.8, 4) is 23.0 Å². The Hall–Kier alpha value is -4.46. The van der Waals surface area contributed by atoms with Crippen molar-refractivity contribution in [1.29, 1.82) is 0 Å². The molecule has 0 bridgehead atoms.